The van der Waals surface area contributed by atoms with Gasteiger partial charge in [-0.3, -0.25) is 0 Å². The summed E-state index contributed by atoms with van der Waals surface area (Å²) in [7, 11) is 0. The van der Waals surface area contributed by atoms with Gasteiger partial charge in [-0.2, -0.15) is 0 Å². The zero-order chi connectivity index (χ0) is 41.4. The molecule has 0 bridgehead atoms. The van der Waals surface area contributed by atoms with Gasteiger partial charge in [0.05, 0.1) is 11.0 Å². The summed E-state index contributed by atoms with van der Waals surface area (Å²) < 4.78 is 8.59. The topological polar surface area (TPSA) is 21.3 Å². The first-order valence-electron chi connectivity index (χ1n) is 21.6. The van der Waals surface area contributed by atoms with Crippen molar-refractivity contribution >= 4 is 93.1 Å². The van der Waals surface area contributed by atoms with E-state index in [4.69, 9.17) is 4.42 Å². The van der Waals surface area contributed by atoms with Crippen molar-refractivity contribution in [3.05, 3.63) is 231 Å². The summed E-state index contributed by atoms with van der Waals surface area (Å²) in [6.07, 6.45) is 0. The van der Waals surface area contributed by atoms with Crippen molar-refractivity contribution in [1.82, 2.24) is 4.57 Å². The van der Waals surface area contributed by atoms with Gasteiger partial charge >= 0.3 is 0 Å². The zero-order valence-electron chi connectivity index (χ0n) is 34.2. The van der Waals surface area contributed by atoms with E-state index in [1.807, 2.05) is 12.1 Å². The third kappa shape index (κ3) is 5.75. The van der Waals surface area contributed by atoms with Crippen LogP contribution in [0.15, 0.2) is 235 Å². The van der Waals surface area contributed by atoms with E-state index in [9.17, 15) is 0 Å². The molecule has 0 spiro atoms. The molecule has 0 aliphatic carbocycles. The molecule has 0 unspecified atom stereocenters. The SMILES string of the molecule is c1ccc(-n2c3cc(-c4ccc(N(c5ccc(-c6ccc7oc8ccccc8c7c6)cc5)c5ccc6ccc7ccccc7c6c5)cc4)ccc3c3ccc4ccccc4c32)cc1. The van der Waals surface area contributed by atoms with Crippen LogP contribution in [-0.2, 0) is 0 Å². The van der Waals surface area contributed by atoms with E-state index in [0.717, 1.165) is 61.4 Å². The van der Waals surface area contributed by atoms with E-state index in [2.05, 4.69) is 228 Å². The molecule has 294 valence electrons. The maximum Gasteiger partial charge on any atom is 0.135 e. The van der Waals surface area contributed by atoms with Crippen LogP contribution < -0.4 is 4.90 Å². The number of benzene rings is 11. The number of furan rings is 1. The molecule has 0 saturated heterocycles. The molecule has 63 heavy (non-hydrogen) atoms. The fraction of sp³-hybridized carbons (Fsp3) is 0. The van der Waals surface area contributed by atoms with Crippen molar-refractivity contribution in [3.8, 4) is 27.9 Å². The Hall–Kier alpha value is -8.40. The summed E-state index contributed by atoms with van der Waals surface area (Å²) in [5, 5.41) is 12.2. The van der Waals surface area contributed by atoms with Crippen molar-refractivity contribution in [2.24, 2.45) is 0 Å². The van der Waals surface area contributed by atoms with E-state index < -0.39 is 0 Å². The van der Waals surface area contributed by atoms with E-state index in [1.54, 1.807) is 0 Å². The van der Waals surface area contributed by atoms with Crippen LogP contribution in [0.5, 0.6) is 0 Å². The highest BCUT2D eigenvalue weighted by atomic mass is 16.3. The van der Waals surface area contributed by atoms with Gasteiger partial charge in [0, 0.05) is 49.7 Å². The molecule has 0 N–H and O–H groups in total. The lowest BCUT2D eigenvalue weighted by Crippen LogP contribution is -2.09. The fourth-order valence-electron chi connectivity index (χ4n) is 9.89. The van der Waals surface area contributed by atoms with Crippen LogP contribution >= 0.6 is 0 Å². The first-order valence-corrected chi connectivity index (χ1v) is 21.6. The second kappa shape index (κ2) is 14.1. The predicted octanol–water partition coefficient (Wildman–Crippen LogP) is 16.9. The van der Waals surface area contributed by atoms with Gasteiger partial charge in [-0.25, -0.2) is 0 Å². The smallest absolute Gasteiger partial charge is 0.135 e. The average molecular weight is 803 g/mol. The molecule has 13 rings (SSSR count). The number of aromatic nitrogens is 1. The molecule has 0 aliphatic heterocycles. The van der Waals surface area contributed by atoms with Crippen molar-refractivity contribution in [2.45, 2.75) is 0 Å². The largest absolute Gasteiger partial charge is 0.456 e. The molecule has 0 radical (unpaired) electrons. The summed E-state index contributed by atoms with van der Waals surface area (Å²) in [6.45, 7) is 0. The molecule has 2 aromatic heterocycles. The number of para-hydroxylation sites is 2. The second-order valence-electron chi connectivity index (χ2n) is 16.5. The van der Waals surface area contributed by atoms with Gasteiger partial charge in [-0.15, -0.1) is 0 Å². The Morgan fingerprint density at radius 2 is 0.825 bits per heavy atom. The van der Waals surface area contributed by atoms with Gasteiger partial charge in [0.1, 0.15) is 11.2 Å². The molecule has 3 nitrogen and oxygen atoms in total. The monoisotopic (exact) mass is 802 g/mol. The van der Waals surface area contributed by atoms with Crippen molar-refractivity contribution < 1.29 is 4.42 Å². The van der Waals surface area contributed by atoms with Gasteiger partial charge in [0.25, 0.3) is 0 Å². The number of hydrogen-bond donors (Lipinski definition) is 0. The van der Waals surface area contributed by atoms with Gasteiger partial charge in [-0.05, 0) is 122 Å². The minimum atomic E-state index is 0.905. The van der Waals surface area contributed by atoms with Crippen LogP contribution in [0.25, 0.3) is 104 Å². The van der Waals surface area contributed by atoms with Crippen LogP contribution in [-0.4, -0.2) is 4.57 Å². The highest BCUT2D eigenvalue weighted by Gasteiger charge is 2.18. The molecule has 0 amide bonds. The van der Waals surface area contributed by atoms with E-state index in [0.29, 0.717) is 0 Å². The zero-order valence-corrected chi connectivity index (χ0v) is 34.2. The number of hydrogen-bond acceptors (Lipinski definition) is 2. The Morgan fingerprint density at radius 1 is 0.302 bits per heavy atom. The Labute approximate surface area is 363 Å². The molecule has 13 aromatic rings. The molecule has 0 atom stereocenters. The number of fused-ring (bicyclic) bond motifs is 11. The van der Waals surface area contributed by atoms with Gasteiger partial charge < -0.3 is 13.9 Å². The fourth-order valence-corrected chi connectivity index (χ4v) is 9.89. The maximum atomic E-state index is 6.15. The number of anilines is 3. The lowest BCUT2D eigenvalue weighted by molar-refractivity contribution is 0.669. The highest BCUT2D eigenvalue weighted by molar-refractivity contribution is 6.19. The molecular weight excluding hydrogens is 765 g/mol. The third-order valence-electron chi connectivity index (χ3n) is 13.0. The molecule has 3 heteroatoms. The van der Waals surface area contributed by atoms with Crippen molar-refractivity contribution in [2.75, 3.05) is 4.90 Å². The number of nitrogens with zero attached hydrogens (tertiary/aromatic N) is 2. The summed E-state index contributed by atoms with van der Waals surface area (Å²) in [5.41, 5.74) is 13.3. The first-order chi connectivity index (χ1) is 31.2. The normalized spacial score (nSPS) is 11.8. The Bertz CT molecular complexity index is 3900. The average Bonchev–Trinajstić information content (AvgIpc) is 3.90. The minimum Gasteiger partial charge on any atom is -0.456 e. The van der Waals surface area contributed by atoms with Gasteiger partial charge in [0.2, 0.25) is 0 Å². The summed E-state index contributed by atoms with van der Waals surface area (Å²) in [5.74, 6) is 0. The van der Waals surface area contributed by atoms with Crippen LogP contribution in [0.1, 0.15) is 0 Å². The summed E-state index contributed by atoms with van der Waals surface area (Å²) >= 11 is 0. The lowest BCUT2D eigenvalue weighted by Gasteiger charge is -2.26. The highest BCUT2D eigenvalue weighted by Crippen LogP contribution is 2.42. The molecule has 2 heterocycles. The standard InChI is InChI=1S/C60H38N2O/c1-2-12-46(13-3-1)62-57-37-45(26-33-52(57)54-34-25-42-11-5-7-15-51(42)60(54)62)40-22-30-48(31-23-40)61(49-32-24-43-19-18-41-10-4-6-14-50(41)55(43)38-49)47-28-20-39(21-29-47)44-27-35-59-56(36-44)53-16-8-9-17-58(53)63-59/h1-38H. The molecule has 0 aliphatic rings. The Kier molecular flexibility index (Phi) is 7.91. The predicted molar refractivity (Wildman–Crippen MR) is 266 cm³/mol. The molecule has 0 saturated carbocycles. The van der Waals surface area contributed by atoms with Crippen molar-refractivity contribution in [3.63, 3.8) is 0 Å². The van der Waals surface area contributed by atoms with Crippen LogP contribution in [0, 0.1) is 0 Å². The maximum absolute atomic E-state index is 6.15. The van der Waals surface area contributed by atoms with E-state index in [1.165, 1.54) is 59.7 Å². The van der Waals surface area contributed by atoms with Crippen molar-refractivity contribution in [1.29, 1.82) is 0 Å². The van der Waals surface area contributed by atoms with Gasteiger partial charge in [0.15, 0.2) is 0 Å². The van der Waals surface area contributed by atoms with Gasteiger partial charge in [-0.1, -0.05) is 158 Å². The summed E-state index contributed by atoms with van der Waals surface area (Å²) in [4.78, 5) is 2.38. The van der Waals surface area contributed by atoms with E-state index in [-0.39, 0.29) is 0 Å². The Morgan fingerprint density at radius 3 is 1.59 bits per heavy atom. The second-order valence-corrected chi connectivity index (χ2v) is 16.5. The molecule has 11 aromatic carbocycles. The third-order valence-corrected chi connectivity index (χ3v) is 13.0. The number of rotatable bonds is 6. The summed E-state index contributed by atoms with van der Waals surface area (Å²) in [6, 6.07) is 83.7. The molecule has 0 fully saturated rings. The quantitative estimate of drug-likeness (QED) is 0.156. The minimum absolute atomic E-state index is 0.905. The first kappa shape index (κ1) is 35.4. The molecular formula is C60H38N2O. The Balaban J connectivity index is 0.933. The van der Waals surface area contributed by atoms with Crippen LogP contribution in [0.3, 0.4) is 0 Å². The van der Waals surface area contributed by atoms with Crippen LogP contribution in [0.4, 0.5) is 17.1 Å². The van der Waals surface area contributed by atoms with E-state index >= 15 is 0 Å². The lowest BCUT2D eigenvalue weighted by atomic mass is 10.00. The van der Waals surface area contributed by atoms with Crippen LogP contribution in [0.2, 0.25) is 0 Å².